The van der Waals surface area contributed by atoms with Crippen LogP contribution in [0.3, 0.4) is 0 Å². The molecule has 0 radical (unpaired) electrons. The first-order chi connectivity index (χ1) is 11.2. The third-order valence-electron chi connectivity index (χ3n) is 4.20. The standard InChI is InChI=1S/C17H20Cl2N4/c1-20-10-12-3-2-8-23(11-12)17-7-6-16(21-22-17)13-4-5-14(18)15(19)9-13/h4-7,9,12,20H,2-3,8,10-11H2,1H3. The van der Waals surface area contributed by atoms with Gasteiger partial charge < -0.3 is 10.2 Å². The highest BCUT2D eigenvalue weighted by atomic mass is 35.5. The fourth-order valence-electron chi connectivity index (χ4n) is 3.03. The number of nitrogens with one attached hydrogen (secondary N) is 1. The number of hydrogen-bond donors (Lipinski definition) is 1. The van der Waals surface area contributed by atoms with E-state index in [1.807, 2.05) is 31.3 Å². The fourth-order valence-corrected chi connectivity index (χ4v) is 3.33. The summed E-state index contributed by atoms with van der Waals surface area (Å²) < 4.78 is 0. The average Bonchev–Trinajstić information content (AvgIpc) is 2.58. The smallest absolute Gasteiger partial charge is 0.151 e. The number of benzene rings is 1. The third-order valence-corrected chi connectivity index (χ3v) is 4.94. The van der Waals surface area contributed by atoms with Crippen molar-refractivity contribution in [3.05, 3.63) is 40.4 Å². The molecule has 1 N–H and O–H groups in total. The van der Waals surface area contributed by atoms with E-state index in [-0.39, 0.29) is 0 Å². The maximum Gasteiger partial charge on any atom is 0.151 e. The number of aromatic nitrogens is 2. The van der Waals surface area contributed by atoms with E-state index in [0.717, 1.165) is 36.7 Å². The number of halogens is 2. The number of hydrogen-bond acceptors (Lipinski definition) is 4. The molecule has 1 fully saturated rings. The molecule has 1 saturated heterocycles. The van der Waals surface area contributed by atoms with Crippen LogP contribution in [0.1, 0.15) is 12.8 Å². The van der Waals surface area contributed by atoms with E-state index in [1.54, 1.807) is 6.07 Å². The molecule has 2 heterocycles. The van der Waals surface area contributed by atoms with Crippen LogP contribution in [0.4, 0.5) is 5.82 Å². The highest BCUT2D eigenvalue weighted by Crippen LogP contribution is 2.28. The van der Waals surface area contributed by atoms with Crippen LogP contribution < -0.4 is 10.2 Å². The van der Waals surface area contributed by atoms with E-state index >= 15 is 0 Å². The summed E-state index contributed by atoms with van der Waals surface area (Å²) in [4.78, 5) is 2.32. The Morgan fingerprint density at radius 3 is 2.74 bits per heavy atom. The van der Waals surface area contributed by atoms with Gasteiger partial charge in [-0.15, -0.1) is 10.2 Å². The highest BCUT2D eigenvalue weighted by Gasteiger charge is 2.20. The van der Waals surface area contributed by atoms with Crippen LogP contribution in [0.2, 0.25) is 10.0 Å². The second-order valence-electron chi connectivity index (χ2n) is 5.92. The molecular weight excluding hydrogens is 331 g/mol. The van der Waals surface area contributed by atoms with Crippen LogP contribution >= 0.6 is 23.2 Å². The Morgan fingerprint density at radius 2 is 2.04 bits per heavy atom. The van der Waals surface area contributed by atoms with Crippen molar-refractivity contribution < 1.29 is 0 Å². The summed E-state index contributed by atoms with van der Waals surface area (Å²) in [5, 5.41) is 13.1. The van der Waals surface area contributed by atoms with Crippen LogP contribution in [-0.2, 0) is 0 Å². The van der Waals surface area contributed by atoms with Crippen LogP contribution in [0.25, 0.3) is 11.3 Å². The van der Waals surface area contributed by atoms with Crippen molar-refractivity contribution in [3.8, 4) is 11.3 Å². The molecule has 3 rings (SSSR count). The van der Waals surface area contributed by atoms with Gasteiger partial charge in [-0.2, -0.15) is 0 Å². The lowest BCUT2D eigenvalue weighted by Crippen LogP contribution is -2.39. The molecule has 4 nitrogen and oxygen atoms in total. The van der Waals surface area contributed by atoms with Gasteiger partial charge in [0.1, 0.15) is 0 Å². The predicted octanol–water partition coefficient (Wildman–Crippen LogP) is 3.89. The summed E-state index contributed by atoms with van der Waals surface area (Å²) in [6, 6.07) is 9.52. The molecule has 0 aliphatic carbocycles. The molecular formula is C17H20Cl2N4. The summed E-state index contributed by atoms with van der Waals surface area (Å²) in [7, 11) is 2.00. The predicted molar refractivity (Wildman–Crippen MR) is 96.4 cm³/mol. The van der Waals surface area contributed by atoms with Gasteiger partial charge in [0.2, 0.25) is 0 Å². The zero-order valence-electron chi connectivity index (χ0n) is 13.1. The van der Waals surface area contributed by atoms with Crippen molar-refractivity contribution in [2.24, 2.45) is 5.92 Å². The molecule has 23 heavy (non-hydrogen) atoms. The second kappa shape index (κ2) is 7.47. The minimum absolute atomic E-state index is 0.529. The summed E-state index contributed by atoms with van der Waals surface area (Å²) in [6.07, 6.45) is 2.47. The molecule has 1 aliphatic rings. The molecule has 1 atom stereocenters. The lowest BCUT2D eigenvalue weighted by atomic mass is 9.98. The monoisotopic (exact) mass is 350 g/mol. The lowest BCUT2D eigenvalue weighted by Gasteiger charge is -2.33. The Morgan fingerprint density at radius 1 is 1.17 bits per heavy atom. The number of rotatable bonds is 4. The summed E-state index contributed by atoms with van der Waals surface area (Å²) in [5.41, 5.74) is 1.72. The zero-order chi connectivity index (χ0) is 16.2. The Bertz CT molecular complexity index is 658. The summed E-state index contributed by atoms with van der Waals surface area (Å²) in [5.74, 6) is 1.61. The molecule has 1 aromatic carbocycles. The van der Waals surface area contributed by atoms with Crippen molar-refractivity contribution in [3.63, 3.8) is 0 Å². The molecule has 2 aromatic rings. The first-order valence-electron chi connectivity index (χ1n) is 7.86. The Hall–Kier alpha value is -1.36. The molecule has 1 unspecified atom stereocenters. The Labute approximate surface area is 146 Å². The van der Waals surface area contributed by atoms with E-state index in [2.05, 4.69) is 20.4 Å². The van der Waals surface area contributed by atoms with Crippen LogP contribution in [0.5, 0.6) is 0 Å². The van der Waals surface area contributed by atoms with Gasteiger partial charge in [-0.25, -0.2) is 0 Å². The van der Waals surface area contributed by atoms with Crippen LogP contribution in [0, 0.1) is 5.92 Å². The van der Waals surface area contributed by atoms with Crippen molar-refractivity contribution in [1.82, 2.24) is 15.5 Å². The molecule has 0 bridgehead atoms. The van der Waals surface area contributed by atoms with Gasteiger partial charge in [0.25, 0.3) is 0 Å². The molecule has 0 saturated carbocycles. The molecule has 1 aromatic heterocycles. The molecule has 0 spiro atoms. The molecule has 1 aliphatic heterocycles. The van der Waals surface area contributed by atoms with Gasteiger partial charge in [0, 0.05) is 18.7 Å². The molecule has 122 valence electrons. The van der Waals surface area contributed by atoms with Crippen molar-refractivity contribution in [2.75, 3.05) is 31.6 Å². The summed E-state index contributed by atoms with van der Waals surface area (Å²) >= 11 is 12.0. The first-order valence-corrected chi connectivity index (χ1v) is 8.61. The zero-order valence-corrected chi connectivity index (χ0v) is 14.6. The van der Waals surface area contributed by atoms with E-state index in [9.17, 15) is 0 Å². The third kappa shape index (κ3) is 3.94. The van der Waals surface area contributed by atoms with Gasteiger partial charge >= 0.3 is 0 Å². The minimum atomic E-state index is 0.529. The van der Waals surface area contributed by atoms with Gasteiger partial charge in [-0.3, -0.25) is 0 Å². The second-order valence-corrected chi connectivity index (χ2v) is 6.73. The van der Waals surface area contributed by atoms with Crippen LogP contribution in [-0.4, -0.2) is 36.9 Å². The molecule has 6 heteroatoms. The van der Waals surface area contributed by atoms with Crippen molar-refractivity contribution >= 4 is 29.0 Å². The van der Waals surface area contributed by atoms with Gasteiger partial charge in [-0.1, -0.05) is 29.3 Å². The number of nitrogens with zero attached hydrogens (tertiary/aromatic N) is 3. The van der Waals surface area contributed by atoms with E-state index < -0.39 is 0 Å². The lowest BCUT2D eigenvalue weighted by molar-refractivity contribution is 0.400. The quantitative estimate of drug-likeness (QED) is 0.908. The topological polar surface area (TPSA) is 41.0 Å². The first kappa shape index (κ1) is 16.5. The highest BCUT2D eigenvalue weighted by molar-refractivity contribution is 6.42. The largest absolute Gasteiger partial charge is 0.355 e. The van der Waals surface area contributed by atoms with Gasteiger partial charge in [0.05, 0.1) is 15.7 Å². The fraction of sp³-hybridized carbons (Fsp3) is 0.412. The maximum atomic E-state index is 6.07. The summed E-state index contributed by atoms with van der Waals surface area (Å²) in [6.45, 7) is 3.12. The minimum Gasteiger partial charge on any atom is -0.355 e. The Balaban J connectivity index is 1.75. The van der Waals surface area contributed by atoms with E-state index in [4.69, 9.17) is 23.2 Å². The average molecular weight is 351 g/mol. The van der Waals surface area contributed by atoms with Gasteiger partial charge in [-0.05, 0) is 56.6 Å². The van der Waals surface area contributed by atoms with E-state index in [1.165, 1.54) is 12.8 Å². The number of piperidine rings is 1. The van der Waals surface area contributed by atoms with E-state index in [0.29, 0.717) is 16.0 Å². The Kier molecular flexibility index (Phi) is 5.36. The maximum absolute atomic E-state index is 6.07. The number of anilines is 1. The van der Waals surface area contributed by atoms with Crippen molar-refractivity contribution in [1.29, 1.82) is 0 Å². The molecule has 0 amide bonds. The normalized spacial score (nSPS) is 18.2. The van der Waals surface area contributed by atoms with Crippen molar-refractivity contribution in [2.45, 2.75) is 12.8 Å². The SMILES string of the molecule is CNCC1CCCN(c2ccc(-c3ccc(Cl)c(Cl)c3)nn2)C1. The van der Waals surface area contributed by atoms with Crippen LogP contribution in [0.15, 0.2) is 30.3 Å². The van der Waals surface area contributed by atoms with Gasteiger partial charge in [0.15, 0.2) is 5.82 Å².